The molecule has 7 nitrogen and oxygen atoms in total. The fraction of sp³-hybridized carbons (Fsp3) is 0.850. The second-order valence-corrected chi connectivity index (χ2v) is 8.83. The van der Waals surface area contributed by atoms with Crippen LogP contribution in [-0.4, -0.2) is 72.6 Å². The summed E-state index contributed by atoms with van der Waals surface area (Å²) in [6.45, 7) is 9.66. The molecule has 0 N–H and O–H groups in total. The topological polar surface area (TPSA) is 76.2 Å². The van der Waals surface area contributed by atoms with E-state index < -0.39 is 48.0 Å². The smallest absolute Gasteiger partial charge is 0.410 e. The Hall–Kier alpha value is -1.93. The molecule has 0 saturated heterocycles. The predicted molar refractivity (Wildman–Crippen MR) is 106 cm³/mol. The number of alkyl halides is 2. The van der Waals surface area contributed by atoms with Crippen LogP contribution in [0.3, 0.4) is 0 Å². The van der Waals surface area contributed by atoms with Gasteiger partial charge in [0.05, 0.1) is 7.11 Å². The fourth-order valence-corrected chi connectivity index (χ4v) is 2.72. The van der Waals surface area contributed by atoms with Crippen molar-refractivity contribution >= 4 is 18.0 Å². The second kappa shape index (κ2) is 10.7. The van der Waals surface area contributed by atoms with E-state index in [-0.39, 0.29) is 12.3 Å². The number of halogens is 2. The number of hydrogen-bond acceptors (Lipinski definition) is 5. The van der Waals surface area contributed by atoms with Crippen molar-refractivity contribution in [2.24, 2.45) is 5.92 Å². The van der Waals surface area contributed by atoms with Gasteiger partial charge < -0.3 is 14.4 Å². The Morgan fingerprint density at radius 3 is 1.86 bits per heavy atom. The molecule has 0 heterocycles. The summed E-state index contributed by atoms with van der Waals surface area (Å²) in [4.78, 5) is 40.0. The van der Waals surface area contributed by atoms with Gasteiger partial charge in [-0.05, 0) is 46.5 Å². The third kappa shape index (κ3) is 9.89. The molecular formula is C20H36F2N2O5. The van der Waals surface area contributed by atoms with Gasteiger partial charge in [0.15, 0.2) is 0 Å². The molecule has 0 saturated carbocycles. The van der Waals surface area contributed by atoms with Crippen LogP contribution in [0, 0.1) is 5.92 Å². The van der Waals surface area contributed by atoms with Crippen LogP contribution < -0.4 is 0 Å². The maximum atomic E-state index is 13.3. The zero-order valence-electron chi connectivity index (χ0n) is 19.0. The number of rotatable bonds is 9. The molecule has 0 aliphatic heterocycles. The van der Waals surface area contributed by atoms with Crippen molar-refractivity contribution in [1.82, 2.24) is 9.80 Å². The van der Waals surface area contributed by atoms with E-state index in [4.69, 9.17) is 9.47 Å². The first-order valence-corrected chi connectivity index (χ1v) is 9.68. The Bertz CT molecular complexity index is 570. The Kier molecular flexibility index (Phi) is 10.0. The molecule has 0 aromatic carbocycles. The molecule has 29 heavy (non-hydrogen) atoms. The normalized spacial score (nSPS) is 14.2. The lowest BCUT2D eigenvalue weighted by Crippen LogP contribution is -2.54. The molecule has 0 unspecified atom stereocenters. The van der Waals surface area contributed by atoms with Crippen LogP contribution in [0.2, 0.25) is 0 Å². The number of carbonyl (C=O) groups excluding carboxylic acids is 3. The van der Waals surface area contributed by atoms with Crippen LogP contribution in [-0.2, 0) is 19.1 Å². The van der Waals surface area contributed by atoms with Gasteiger partial charge in [-0.25, -0.2) is 18.4 Å². The minimum atomic E-state index is -2.99. The Balaban J connectivity index is 5.66. The van der Waals surface area contributed by atoms with Crippen LogP contribution in [0.25, 0.3) is 0 Å². The molecule has 0 spiro atoms. The molecule has 0 aliphatic carbocycles. The molecule has 170 valence electrons. The fourth-order valence-electron chi connectivity index (χ4n) is 2.72. The van der Waals surface area contributed by atoms with Crippen LogP contribution in [0.15, 0.2) is 0 Å². The number of carbonyl (C=O) groups is 3. The van der Waals surface area contributed by atoms with Crippen molar-refractivity contribution in [3.05, 3.63) is 0 Å². The Labute approximate surface area is 172 Å². The average molecular weight is 423 g/mol. The average Bonchev–Trinajstić information content (AvgIpc) is 2.55. The van der Waals surface area contributed by atoms with Gasteiger partial charge in [-0.15, -0.1) is 0 Å². The van der Waals surface area contributed by atoms with Gasteiger partial charge in [0, 0.05) is 20.5 Å². The van der Waals surface area contributed by atoms with Crippen molar-refractivity contribution in [3.63, 3.8) is 0 Å². The van der Waals surface area contributed by atoms with Crippen LogP contribution >= 0.6 is 0 Å². The van der Waals surface area contributed by atoms with Gasteiger partial charge >= 0.3 is 12.1 Å². The summed E-state index contributed by atoms with van der Waals surface area (Å²) in [5.74, 6) is -4.25. The first kappa shape index (κ1) is 27.1. The lowest BCUT2D eigenvalue weighted by atomic mass is 10.00. The number of hydrogen-bond donors (Lipinski definition) is 0. The van der Waals surface area contributed by atoms with Crippen LogP contribution in [0.4, 0.5) is 13.6 Å². The van der Waals surface area contributed by atoms with Crippen molar-refractivity contribution < 1.29 is 32.6 Å². The van der Waals surface area contributed by atoms with E-state index >= 15 is 0 Å². The summed E-state index contributed by atoms with van der Waals surface area (Å²) in [7, 11) is 3.93. The summed E-state index contributed by atoms with van der Waals surface area (Å²) in [5, 5.41) is 0. The summed E-state index contributed by atoms with van der Waals surface area (Å²) in [6, 6.07) is -2.09. The van der Waals surface area contributed by atoms with Crippen molar-refractivity contribution in [2.75, 3.05) is 21.2 Å². The summed E-state index contributed by atoms with van der Waals surface area (Å²) < 4.78 is 36.7. The standard InChI is InChI=1S/C20H36F2N2O5/c1-13(2)12-15(24(8)18(27)29-19(3,4)5)16(25)23(7)14(17(26)28-9)10-11-20(6,21)22/h13-15H,10-12H2,1-9H3/t14-,15+/m1/s1. The van der Waals surface area contributed by atoms with E-state index in [9.17, 15) is 23.2 Å². The van der Waals surface area contributed by atoms with Gasteiger partial charge in [0.2, 0.25) is 11.8 Å². The summed E-state index contributed by atoms with van der Waals surface area (Å²) in [6.07, 6.45) is -1.21. The molecule has 0 rings (SSSR count). The van der Waals surface area contributed by atoms with Gasteiger partial charge in [-0.2, -0.15) is 0 Å². The zero-order chi connectivity index (χ0) is 23.2. The molecule has 9 heteroatoms. The van der Waals surface area contributed by atoms with Crippen molar-refractivity contribution in [3.8, 4) is 0 Å². The predicted octanol–water partition coefficient (Wildman–Crippen LogP) is 3.70. The monoisotopic (exact) mass is 422 g/mol. The maximum absolute atomic E-state index is 13.3. The Morgan fingerprint density at radius 1 is 0.966 bits per heavy atom. The van der Waals surface area contributed by atoms with E-state index in [1.807, 2.05) is 13.8 Å². The largest absolute Gasteiger partial charge is 0.467 e. The third-order valence-corrected chi connectivity index (χ3v) is 4.27. The minimum Gasteiger partial charge on any atom is -0.467 e. The highest BCUT2D eigenvalue weighted by Crippen LogP contribution is 2.23. The molecule has 2 atom stereocenters. The first-order valence-electron chi connectivity index (χ1n) is 9.68. The number of esters is 1. The summed E-state index contributed by atoms with van der Waals surface area (Å²) >= 11 is 0. The second-order valence-electron chi connectivity index (χ2n) is 8.83. The molecule has 0 bridgehead atoms. The lowest BCUT2D eigenvalue weighted by Gasteiger charge is -2.35. The maximum Gasteiger partial charge on any atom is 0.410 e. The van der Waals surface area contributed by atoms with Crippen LogP contribution in [0.5, 0.6) is 0 Å². The quantitative estimate of drug-likeness (QED) is 0.530. The number of ether oxygens (including phenoxy) is 2. The molecule has 0 aromatic rings. The Morgan fingerprint density at radius 2 is 1.48 bits per heavy atom. The highest BCUT2D eigenvalue weighted by molar-refractivity contribution is 5.89. The summed E-state index contributed by atoms with van der Waals surface area (Å²) in [5.41, 5.74) is -0.746. The van der Waals surface area contributed by atoms with E-state index in [2.05, 4.69) is 0 Å². The molecule has 0 aliphatic rings. The number of nitrogens with zero attached hydrogens (tertiary/aromatic N) is 2. The molecule has 0 radical (unpaired) electrons. The van der Waals surface area contributed by atoms with Crippen LogP contribution in [0.1, 0.15) is 60.8 Å². The molecule has 0 aromatic heterocycles. The van der Waals surface area contributed by atoms with E-state index in [0.29, 0.717) is 6.42 Å². The van der Waals surface area contributed by atoms with Gasteiger partial charge in [-0.3, -0.25) is 9.69 Å². The van der Waals surface area contributed by atoms with E-state index in [1.54, 1.807) is 20.8 Å². The highest BCUT2D eigenvalue weighted by Gasteiger charge is 2.38. The molecule has 2 amide bonds. The zero-order valence-corrected chi connectivity index (χ0v) is 19.0. The SMILES string of the molecule is COC(=O)[C@@H](CCC(C)(F)F)N(C)C(=O)[C@H](CC(C)C)N(C)C(=O)OC(C)(C)C. The first-order chi connectivity index (χ1) is 13.0. The van der Waals surface area contributed by atoms with E-state index in [1.165, 1.54) is 19.0 Å². The van der Waals surface area contributed by atoms with Gasteiger partial charge in [-0.1, -0.05) is 13.8 Å². The highest BCUT2D eigenvalue weighted by atomic mass is 19.3. The van der Waals surface area contributed by atoms with Crippen molar-refractivity contribution in [1.29, 1.82) is 0 Å². The molecule has 0 fully saturated rings. The minimum absolute atomic E-state index is 0.0544. The van der Waals surface area contributed by atoms with E-state index in [0.717, 1.165) is 18.9 Å². The number of methoxy groups -OCH3 is 1. The third-order valence-electron chi connectivity index (χ3n) is 4.27. The van der Waals surface area contributed by atoms with Gasteiger partial charge in [0.1, 0.15) is 17.7 Å². The van der Waals surface area contributed by atoms with Gasteiger partial charge in [0.25, 0.3) is 0 Å². The van der Waals surface area contributed by atoms with Crippen molar-refractivity contribution in [2.45, 2.75) is 84.4 Å². The number of likely N-dealkylation sites (N-methyl/N-ethyl adjacent to an activating group) is 2. The number of amides is 2. The molecular weight excluding hydrogens is 386 g/mol. The lowest BCUT2D eigenvalue weighted by molar-refractivity contribution is -0.154.